The molecule has 9 heavy (non-hydrogen) atoms. The summed E-state index contributed by atoms with van der Waals surface area (Å²) in [6, 6.07) is 0. The molecule has 0 amide bonds. The Labute approximate surface area is 59.2 Å². The molecule has 1 rings (SSSR count). The molecule has 0 bridgehead atoms. The molecular formula is C7H13GeN. The Hall–Kier alpha value is -0.0471. The van der Waals surface area contributed by atoms with Crippen LogP contribution >= 0.6 is 0 Å². The van der Waals surface area contributed by atoms with Gasteiger partial charge in [-0.2, -0.15) is 0 Å². The van der Waals surface area contributed by atoms with E-state index in [0.717, 1.165) is 6.54 Å². The van der Waals surface area contributed by atoms with Crippen molar-refractivity contribution >= 4 is 17.8 Å². The summed E-state index contributed by atoms with van der Waals surface area (Å²) in [4.78, 5) is 4.40. The average Bonchev–Trinajstić information content (AvgIpc) is 2.08. The fourth-order valence-corrected chi connectivity index (χ4v) is 3.34. The second-order valence-electron chi connectivity index (χ2n) is 3.38. The Kier molecular flexibility index (Phi) is 1.80. The van der Waals surface area contributed by atoms with Crippen molar-refractivity contribution in [3.63, 3.8) is 0 Å². The molecule has 0 radical (unpaired) electrons. The van der Waals surface area contributed by atoms with Crippen molar-refractivity contribution in [2.45, 2.75) is 17.3 Å². The van der Waals surface area contributed by atoms with Crippen LogP contribution in [0.15, 0.2) is 17.1 Å². The van der Waals surface area contributed by atoms with Crippen LogP contribution in [0.25, 0.3) is 0 Å². The standard InChI is InChI=1S/C7H13GeN/c1-8(2,3)7-5-4-6-9-7/h4-5H,6H2,1-3H3. The van der Waals surface area contributed by atoms with Crippen LogP contribution in [0.3, 0.4) is 0 Å². The van der Waals surface area contributed by atoms with Crippen molar-refractivity contribution in [1.29, 1.82) is 0 Å². The van der Waals surface area contributed by atoms with Crippen LogP contribution in [0.5, 0.6) is 0 Å². The zero-order valence-electron chi connectivity index (χ0n) is 6.31. The van der Waals surface area contributed by atoms with Crippen LogP contribution in [0.1, 0.15) is 0 Å². The molecule has 0 aromatic carbocycles. The Bertz CT molecular complexity index is 162. The first-order chi connectivity index (χ1) is 4.11. The molecule has 2 heteroatoms. The van der Waals surface area contributed by atoms with Crippen molar-refractivity contribution in [3.05, 3.63) is 12.2 Å². The number of hydrogen-bond donors (Lipinski definition) is 0. The van der Waals surface area contributed by atoms with Gasteiger partial charge in [0.2, 0.25) is 0 Å². The van der Waals surface area contributed by atoms with Gasteiger partial charge in [-0.1, -0.05) is 0 Å². The maximum absolute atomic E-state index is 4.40. The number of hydrogen-bond acceptors (Lipinski definition) is 1. The van der Waals surface area contributed by atoms with Crippen LogP contribution in [-0.2, 0) is 0 Å². The van der Waals surface area contributed by atoms with Crippen molar-refractivity contribution in [1.82, 2.24) is 0 Å². The van der Waals surface area contributed by atoms with Crippen molar-refractivity contribution in [2.75, 3.05) is 6.54 Å². The topological polar surface area (TPSA) is 12.4 Å². The molecule has 50 valence electrons. The fraction of sp³-hybridized carbons (Fsp3) is 0.571. The van der Waals surface area contributed by atoms with E-state index in [1.165, 1.54) is 4.54 Å². The van der Waals surface area contributed by atoms with E-state index in [0.29, 0.717) is 0 Å². The van der Waals surface area contributed by atoms with E-state index in [2.05, 4.69) is 34.4 Å². The third-order valence-corrected chi connectivity index (χ3v) is 5.32. The predicted octanol–water partition coefficient (Wildman–Crippen LogP) is 1.87. The maximum atomic E-state index is 4.40. The summed E-state index contributed by atoms with van der Waals surface area (Å²) in [6.07, 6.45) is 4.34. The van der Waals surface area contributed by atoms with Gasteiger partial charge in [-0.15, -0.1) is 0 Å². The van der Waals surface area contributed by atoms with E-state index in [-0.39, 0.29) is 0 Å². The minimum atomic E-state index is -1.52. The predicted molar refractivity (Wildman–Crippen MR) is 44.8 cm³/mol. The summed E-state index contributed by atoms with van der Waals surface area (Å²) >= 11 is -1.52. The van der Waals surface area contributed by atoms with Gasteiger partial charge in [0.25, 0.3) is 0 Å². The molecule has 0 saturated heterocycles. The Morgan fingerprint density at radius 2 is 2.11 bits per heavy atom. The minimum absolute atomic E-state index is 0.928. The van der Waals surface area contributed by atoms with E-state index in [1.807, 2.05) is 0 Å². The molecular weight excluding hydrogens is 171 g/mol. The molecule has 0 saturated carbocycles. The van der Waals surface area contributed by atoms with E-state index in [9.17, 15) is 0 Å². The summed E-state index contributed by atoms with van der Waals surface area (Å²) in [7, 11) is 0. The first-order valence-corrected chi connectivity index (χ1v) is 10.7. The molecule has 1 aliphatic heterocycles. The molecule has 0 aromatic heterocycles. The summed E-state index contributed by atoms with van der Waals surface area (Å²) in [5.74, 6) is 7.11. The van der Waals surface area contributed by atoms with Gasteiger partial charge in [0.15, 0.2) is 0 Å². The molecule has 1 nitrogen and oxygen atoms in total. The monoisotopic (exact) mass is 185 g/mol. The van der Waals surface area contributed by atoms with Gasteiger partial charge in [0.05, 0.1) is 0 Å². The van der Waals surface area contributed by atoms with Crippen LogP contribution in [-0.4, -0.2) is 24.4 Å². The molecule has 0 aliphatic carbocycles. The molecule has 0 fully saturated rings. The van der Waals surface area contributed by atoms with E-state index in [1.54, 1.807) is 0 Å². The van der Waals surface area contributed by atoms with Crippen molar-refractivity contribution < 1.29 is 0 Å². The Morgan fingerprint density at radius 3 is 2.33 bits per heavy atom. The number of nitrogens with zero attached hydrogens (tertiary/aromatic N) is 1. The Balaban J connectivity index is 2.73. The first-order valence-electron chi connectivity index (χ1n) is 3.32. The van der Waals surface area contributed by atoms with Gasteiger partial charge in [-0.3, -0.25) is 0 Å². The molecule has 0 spiro atoms. The van der Waals surface area contributed by atoms with Gasteiger partial charge >= 0.3 is 58.8 Å². The molecule has 0 aromatic rings. The van der Waals surface area contributed by atoms with Crippen LogP contribution in [0.2, 0.25) is 17.3 Å². The third-order valence-electron chi connectivity index (χ3n) is 1.41. The zero-order chi connectivity index (χ0) is 6.91. The number of rotatable bonds is 1. The number of allylic oxidation sites excluding steroid dienone is 1. The molecule has 0 atom stereocenters. The van der Waals surface area contributed by atoms with Crippen molar-refractivity contribution in [3.8, 4) is 0 Å². The molecule has 1 heterocycles. The number of aliphatic imine (C=N–C) groups is 1. The van der Waals surface area contributed by atoms with E-state index < -0.39 is 13.3 Å². The summed E-state index contributed by atoms with van der Waals surface area (Å²) in [6.45, 7) is 0.928. The van der Waals surface area contributed by atoms with Gasteiger partial charge in [-0.05, 0) is 0 Å². The van der Waals surface area contributed by atoms with Crippen LogP contribution in [0.4, 0.5) is 0 Å². The van der Waals surface area contributed by atoms with Crippen LogP contribution < -0.4 is 0 Å². The first kappa shape index (κ1) is 7.06. The summed E-state index contributed by atoms with van der Waals surface area (Å²) < 4.78 is 1.41. The Morgan fingerprint density at radius 1 is 1.44 bits per heavy atom. The third kappa shape index (κ3) is 1.68. The SMILES string of the molecule is [CH3][Ge]([CH3])([CH3])[C]1=NCC=C1. The normalized spacial score (nSPS) is 18.3. The van der Waals surface area contributed by atoms with Gasteiger partial charge < -0.3 is 0 Å². The molecule has 1 aliphatic rings. The van der Waals surface area contributed by atoms with E-state index >= 15 is 0 Å². The second-order valence-corrected chi connectivity index (χ2v) is 13.9. The second kappa shape index (κ2) is 2.29. The average molecular weight is 184 g/mol. The van der Waals surface area contributed by atoms with E-state index in [4.69, 9.17) is 0 Å². The quantitative estimate of drug-likeness (QED) is 0.551. The van der Waals surface area contributed by atoms with Gasteiger partial charge in [0.1, 0.15) is 0 Å². The fourth-order valence-electron chi connectivity index (χ4n) is 0.855. The zero-order valence-corrected chi connectivity index (χ0v) is 8.41. The van der Waals surface area contributed by atoms with Crippen molar-refractivity contribution in [2.24, 2.45) is 4.99 Å². The van der Waals surface area contributed by atoms with Gasteiger partial charge in [-0.25, -0.2) is 0 Å². The summed E-state index contributed by atoms with van der Waals surface area (Å²) in [5.41, 5.74) is 0. The molecule has 0 unspecified atom stereocenters. The van der Waals surface area contributed by atoms with Gasteiger partial charge in [0, 0.05) is 0 Å². The summed E-state index contributed by atoms with van der Waals surface area (Å²) in [5, 5.41) is 0. The van der Waals surface area contributed by atoms with Crippen LogP contribution in [0, 0.1) is 0 Å². The molecule has 0 N–H and O–H groups in total.